The Kier molecular flexibility index (Phi) is 4.73. The zero-order valence-electron chi connectivity index (χ0n) is 13.1. The minimum absolute atomic E-state index is 0.0481. The van der Waals surface area contributed by atoms with Gasteiger partial charge in [0.25, 0.3) is 0 Å². The summed E-state index contributed by atoms with van der Waals surface area (Å²) in [5.41, 5.74) is 1.48. The van der Waals surface area contributed by atoms with Gasteiger partial charge in [-0.3, -0.25) is 4.79 Å². The van der Waals surface area contributed by atoms with Crippen LogP contribution in [-0.4, -0.2) is 16.1 Å². The predicted molar refractivity (Wildman–Crippen MR) is 92.6 cm³/mol. The number of carbonyl (C=O) groups excluding carboxylic acids is 1. The Balaban J connectivity index is 1.88. The minimum atomic E-state index is -0.124. The zero-order chi connectivity index (χ0) is 16.9. The van der Waals surface area contributed by atoms with Crippen molar-refractivity contribution in [2.24, 2.45) is 0 Å². The fourth-order valence-electron chi connectivity index (χ4n) is 2.28. The first-order chi connectivity index (χ1) is 11.7. The Labute approximate surface area is 143 Å². The highest BCUT2D eigenvalue weighted by atomic mass is 32.1. The van der Waals surface area contributed by atoms with Crippen LogP contribution in [0.25, 0.3) is 0 Å². The molecule has 1 aromatic carbocycles. The molecule has 2 aromatic heterocycles. The number of rotatable bonds is 5. The van der Waals surface area contributed by atoms with Gasteiger partial charge in [0.2, 0.25) is 17.7 Å². The van der Waals surface area contributed by atoms with Crippen LogP contribution in [0.15, 0.2) is 46.2 Å². The summed E-state index contributed by atoms with van der Waals surface area (Å²) in [5, 5.41) is 9.65. The fraction of sp³-hybridized carbons (Fsp3) is 0.167. The maximum Gasteiger partial charge on any atom is 0.236 e. The molecule has 0 fully saturated rings. The lowest BCUT2D eigenvalue weighted by molar-refractivity contribution is -0.118. The first-order valence-electron chi connectivity index (χ1n) is 7.34. The van der Waals surface area contributed by atoms with E-state index in [4.69, 9.17) is 10.8 Å². The first-order valence-corrected chi connectivity index (χ1v) is 8.22. The summed E-state index contributed by atoms with van der Waals surface area (Å²) in [4.78, 5) is 15.6. The van der Waals surface area contributed by atoms with Crippen molar-refractivity contribution >= 4 is 22.9 Å². The Morgan fingerprint density at radius 2 is 2.21 bits per heavy atom. The zero-order valence-corrected chi connectivity index (χ0v) is 13.9. The molecule has 0 aliphatic rings. The average molecular weight is 337 g/mol. The molecule has 6 heteroatoms. The largest absolute Gasteiger partial charge is 0.425 e. The molecule has 5 nitrogen and oxygen atoms in total. The molecule has 0 saturated carbocycles. The Bertz CT molecular complexity index is 878. The minimum Gasteiger partial charge on any atom is -0.425 e. The molecular weight excluding hydrogens is 322 g/mol. The van der Waals surface area contributed by atoms with Gasteiger partial charge in [-0.1, -0.05) is 18.1 Å². The van der Waals surface area contributed by atoms with E-state index in [1.54, 1.807) is 23.2 Å². The summed E-state index contributed by atoms with van der Waals surface area (Å²) < 4.78 is 5.32. The smallest absolute Gasteiger partial charge is 0.236 e. The van der Waals surface area contributed by atoms with Crippen molar-refractivity contribution in [3.05, 3.63) is 64.0 Å². The molecule has 0 atom stereocenters. The second-order valence-electron chi connectivity index (χ2n) is 5.15. The van der Waals surface area contributed by atoms with E-state index >= 15 is 0 Å². The third kappa shape index (κ3) is 3.70. The van der Waals surface area contributed by atoms with Crippen LogP contribution in [0.4, 0.5) is 5.69 Å². The molecule has 0 bridgehead atoms. The van der Waals surface area contributed by atoms with Crippen LogP contribution in [-0.2, 0) is 17.8 Å². The molecule has 0 aliphatic heterocycles. The number of anilines is 1. The predicted octanol–water partition coefficient (Wildman–Crippen LogP) is 3.20. The number of hydrogen-bond donors (Lipinski definition) is 0. The first kappa shape index (κ1) is 16.0. The van der Waals surface area contributed by atoms with Gasteiger partial charge in [0, 0.05) is 23.1 Å². The summed E-state index contributed by atoms with van der Waals surface area (Å²) in [5.74, 6) is 3.22. The molecule has 0 aliphatic carbocycles. The number of aromatic nitrogens is 2. The van der Waals surface area contributed by atoms with Gasteiger partial charge >= 0.3 is 0 Å². The molecule has 3 aromatic rings. The van der Waals surface area contributed by atoms with Gasteiger partial charge in [0.1, 0.15) is 6.42 Å². The molecule has 3 rings (SSSR count). The number of terminal acetylenes is 1. The van der Waals surface area contributed by atoms with Crippen LogP contribution in [0, 0.1) is 19.3 Å². The average Bonchev–Trinajstić information content (AvgIpc) is 3.24. The van der Waals surface area contributed by atoms with Gasteiger partial charge in [-0.15, -0.1) is 28.0 Å². The van der Waals surface area contributed by atoms with E-state index in [9.17, 15) is 4.79 Å². The highest BCUT2D eigenvalue weighted by molar-refractivity contribution is 7.09. The lowest BCUT2D eigenvalue weighted by atomic mass is 10.2. The number of benzene rings is 1. The quantitative estimate of drug-likeness (QED) is 0.671. The molecule has 0 radical (unpaired) electrons. The molecule has 120 valence electrons. The van der Waals surface area contributed by atoms with E-state index in [0.29, 0.717) is 18.3 Å². The Morgan fingerprint density at radius 1 is 1.33 bits per heavy atom. The Hall–Kier alpha value is -2.91. The number of nitrogens with zero attached hydrogens (tertiary/aromatic N) is 3. The highest BCUT2D eigenvalue weighted by Gasteiger charge is 2.20. The molecule has 24 heavy (non-hydrogen) atoms. The Morgan fingerprint density at radius 3 is 2.88 bits per heavy atom. The summed E-state index contributed by atoms with van der Waals surface area (Å²) >= 11 is 1.60. The van der Waals surface area contributed by atoms with E-state index in [-0.39, 0.29) is 12.3 Å². The van der Waals surface area contributed by atoms with Crippen LogP contribution in [0.3, 0.4) is 0 Å². The van der Waals surface area contributed by atoms with Crippen LogP contribution in [0.1, 0.15) is 22.2 Å². The number of thiophene rings is 1. The van der Waals surface area contributed by atoms with Crippen molar-refractivity contribution in [3.63, 3.8) is 0 Å². The van der Waals surface area contributed by atoms with Gasteiger partial charge in [0.05, 0.1) is 6.54 Å². The van der Waals surface area contributed by atoms with E-state index < -0.39 is 0 Å². The molecule has 0 unspecified atom stereocenters. The molecular formula is C18H15N3O2S. The lowest BCUT2D eigenvalue weighted by Gasteiger charge is -2.22. The summed E-state index contributed by atoms with van der Waals surface area (Å²) in [6, 6.07) is 11.3. The van der Waals surface area contributed by atoms with E-state index in [1.165, 1.54) is 0 Å². The highest BCUT2D eigenvalue weighted by Crippen LogP contribution is 2.22. The van der Waals surface area contributed by atoms with Crippen LogP contribution >= 0.6 is 11.3 Å². The summed E-state index contributed by atoms with van der Waals surface area (Å²) in [6.07, 6.45) is 5.52. The van der Waals surface area contributed by atoms with Gasteiger partial charge < -0.3 is 9.32 Å². The van der Waals surface area contributed by atoms with Crippen molar-refractivity contribution in [2.75, 3.05) is 4.90 Å². The summed E-state index contributed by atoms with van der Waals surface area (Å²) in [6.45, 7) is 2.17. The van der Waals surface area contributed by atoms with Gasteiger partial charge in [-0.25, -0.2) is 0 Å². The van der Waals surface area contributed by atoms with E-state index in [1.807, 2.05) is 41.8 Å². The van der Waals surface area contributed by atoms with Crippen molar-refractivity contribution in [2.45, 2.75) is 19.9 Å². The van der Waals surface area contributed by atoms with Crippen molar-refractivity contribution in [3.8, 4) is 12.3 Å². The topological polar surface area (TPSA) is 59.2 Å². The molecule has 2 heterocycles. The van der Waals surface area contributed by atoms with E-state index in [2.05, 4.69) is 16.1 Å². The van der Waals surface area contributed by atoms with Crippen LogP contribution in [0.2, 0.25) is 0 Å². The molecule has 0 saturated heterocycles. The van der Waals surface area contributed by atoms with Gasteiger partial charge in [-0.05, 0) is 29.6 Å². The second-order valence-corrected chi connectivity index (χ2v) is 6.18. The summed E-state index contributed by atoms with van der Waals surface area (Å²) in [7, 11) is 0. The number of amides is 1. The lowest BCUT2D eigenvalue weighted by Crippen LogP contribution is -2.31. The van der Waals surface area contributed by atoms with Crippen LogP contribution in [0.5, 0.6) is 0 Å². The number of carbonyl (C=O) groups is 1. The molecule has 1 amide bonds. The van der Waals surface area contributed by atoms with Crippen molar-refractivity contribution in [1.82, 2.24) is 10.2 Å². The van der Waals surface area contributed by atoms with Gasteiger partial charge in [-0.2, -0.15) is 0 Å². The van der Waals surface area contributed by atoms with Crippen molar-refractivity contribution in [1.29, 1.82) is 0 Å². The van der Waals surface area contributed by atoms with Crippen LogP contribution < -0.4 is 4.90 Å². The second kappa shape index (κ2) is 7.11. The molecule has 0 N–H and O–H groups in total. The SMILES string of the molecule is C#Cc1cccc(N(Cc2cccs2)C(=O)Cc2nnc(C)o2)c1. The monoisotopic (exact) mass is 337 g/mol. The number of hydrogen-bond acceptors (Lipinski definition) is 5. The number of aryl methyl sites for hydroxylation is 1. The standard InChI is InChI=1S/C18H15N3O2S/c1-3-14-6-4-7-15(10-14)21(12-16-8-5-9-24-16)18(22)11-17-20-19-13(2)23-17/h1,4-10H,11-12H2,2H3. The normalized spacial score (nSPS) is 10.3. The third-order valence-corrected chi connectivity index (χ3v) is 4.25. The van der Waals surface area contributed by atoms with Gasteiger partial charge in [0.15, 0.2) is 0 Å². The third-order valence-electron chi connectivity index (χ3n) is 3.39. The maximum atomic E-state index is 12.8. The maximum absolute atomic E-state index is 12.8. The molecule has 0 spiro atoms. The fourth-order valence-corrected chi connectivity index (χ4v) is 2.97. The van der Waals surface area contributed by atoms with Crippen molar-refractivity contribution < 1.29 is 9.21 Å². The van der Waals surface area contributed by atoms with E-state index in [0.717, 1.165) is 16.1 Å².